The van der Waals surface area contributed by atoms with Crippen molar-refractivity contribution in [1.29, 1.82) is 0 Å². The third-order valence-corrected chi connectivity index (χ3v) is 7.30. The average Bonchev–Trinajstić information content (AvgIpc) is 2.64. The Morgan fingerprint density at radius 3 is 2.24 bits per heavy atom. The number of rotatable bonds is 5. The molecule has 0 spiro atoms. The molecule has 3 aliphatic rings. The molecule has 7 heteroatoms. The van der Waals surface area contributed by atoms with Crippen molar-refractivity contribution in [1.82, 2.24) is 4.90 Å². The second-order valence-corrected chi connectivity index (χ2v) is 9.64. The average molecular weight is 407 g/mol. The second-order valence-electron chi connectivity index (χ2n) is 9.64. The van der Waals surface area contributed by atoms with Crippen LogP contribution in [0.15, 0.2) is 0 Å². The minimum atomic E-state index is -1.19. The highest BCUT2D eigenvalue weighted by Crippen LogP contribution is 2.39. The Labute approximate surface area is 172 Å². The molecule has 3 rings (SSSR count). The summed E-state index contributed by atoms with van der Waals surface area (Å²) in [6.45, 7) is 3.98. The number of likely N-dealkylation sites (tertiary alicyclic amines) is 1. The van der Waals surface area contributed by atoms with Crippen LogP contribution in [0.4, 0.5) is 0 Å². The van der Waals surface area contributed by atoms with Gasteiger partial charge in [0.1, 0.15) is 11.3 Å². The van der Waals surface area contributed by atoms with Crippen LogP contribution < -0.4 is 5.73 Å². The van der Waals surface area contributed by atoms with Gasteiger partial charge >= 0.3 is 0 Å². The van der Waals surface area contributed by atoms with E-state index in [0.717, 1.165) is 30.6 Å². The lowest BCUT2D eigenvalue weighted by molar-refractivity contribution is -0.165. The Kier molecular flexibility index (Phi) is 6.46. The summed E-state index contributed by atoms with van der Waals surface area (Å²) in [6, 6.07) is 0. The molecule has 4 unspecified atom stereocenters. The van der Waals surface area contributed by atoms with E-state index in [-0.39, 0.29) is 48.7 Å². The summed E-state index contributed by atoms with van der Waals surface area (Å²) in [5.74, 6) is -1.71. The Balaban J connectivity index is 1.68. The number of hydrogen-bond acceptors (Lipinski definition) is 5. The van der Waals surface area contributed by atoms with Crippen molar-refractivity contribution in [2.45, 2.75) is 89.7 Å². The molecule has 0 radical (unpaired) electrons. The smallest absolute Gasteiger partial charge is 0.243 e. The number of ketones is 1. The summed E-state index contributed by atoms with van der Waals surface area (Å²) in [6.07, 6.45) is 4.46. The van der Waals surface area contributed by atoms with Crippen molar-refractivity contribution in [2.24, 2.45) is 29.4 Å². The van der Waals surface area contributed by atoms with Gasteiger partial charge < -0.3 is 10.8 Å². The summed E-state index contributed by atoms with van der Waals surface area (Å²) in [7, 11) is 0. The first-order valence-electron chi connectivity index (χ1n) is 11.0. The normalized spacial score (nSPS) is 32.3. The predicted octanol–water partition coefficient (Wildman–Crippen LogP) is 1.94. The minimum Gasteiger partial charge on any atom is -0.392 e. The number of primary amides is 1. The van der Waals surface area contributed by atoms with Gasteiger partial charge in [0.25, 0.3) is 0 Å². The summed E-state index contributed by atoms with van der Waals surface area (Å²) in [5.41, 5.74) is 4.45. The number of imide groups is 1. The molecule has 0 bridgehead atoms. The van der Waals surface area contributed by atoms with Crippen LogP contribution in [-0.2, 0) is 19.2 Å². The number of carbonyl (C=O) groups is 4. The fourth-order valence-corrected chi connectivity index (χ4v) is 5.83. The molecule has 1 saturated heterocycles. The molecule has 7 nitrogen and oxygen atoms in total. The van der Waals surface area contributed by atoms with Crippen LogP contribution in [0.3, 0.4) is 0 Å². The molecule has 29 heavy (non-hydrogen) atoms. The van der Waals surface area contributed by atoms with Gasteiger partial charge in [0, 0.05) is 24.7 Å². The monoisotopic (exact) mass is 406 g/mol. The molecule has 2 aliphatic carbocycles. The highest BCUT2D eigenvalue weighted by atomic mass is 16.3. The Morgan fingerprint density at radius 1 is 1.10 bits per heavy atom. The van der Waals surface area contributed by atoms with Crippen LogP contribution in [-0.4, -0.2) is 45.2 Å². The number of aliphatic hydroxyl groups is 1. The van der Waals surface area contributed by atoms with E-state index < -0.39 is 23.5 Å². The fourth-order valence-electron chi connectivity index (χ4n) is 5.83. The van der Waals surface area contributed by atoms with E-state index in [0.29, 0.717) is 25.2 Å². The predicted molar refractivity (Wildman–Crippen MR) is 106 cm³/mol. The largest absolute Gasteiger partial charge is 0.392 e. The van der Waals surface area contributed by atoms with Gasteiger partial charge in [-0.15, -0.1) is 0 Å². The number of nitrogens with two attached hydrogens (primary N) is 1. The maximum Gasteiger partial charge on any atom is 0.243 e. The van der Waals surface area contributed by atoms with E-state index in [1.54, 1.807) is 0 Å². The molecule has 2 saturated carbocycles. The molecule has 0 aromatic carbocycles. The van der Waals surface area contributed by atoms with Crippen LogP contribution in [0.5, 0.6) is 0 Å². The third-order valence-electron chi connectivity index (χ3n) is 7.30. The number of aliphatic hydroxyl groups excluding tert-OH is 1. The van der Waals surface area contributed by atoms with E-state index >= 15 is 0 Å². The topological polar surface area (TPSA) is 118 Å². The summed E-state index contributed by atoms with van der Waals surface area (Å²) in [4.78, 5) is 51.7. The van der Waals surface area contributed by atoms with Crippen molar-refractivity contribution in [2.75, 3.05) is 0 Å². The number of Topliss-reactive ketones (excluding diaryl/α,β-unsaturated/α-hetero) is 1. The van der Waals surface area contributed by atoms with Crippen LogP contribution in [0.2, 0.25) is 0 Å². The highest BCUT2D eigenvalue weighted by molar-refractivity contribution is 6.04. The number of amides is 3. The third kappa shape index (κ3) is 4.25. The van der Waals surface area contributed by atoms with Crippen molar-refractivity contribution in [3.63, 3.8) is 0 Å². The van der Waals surface area contributed by atoms with Crippen molar-refractivity contribution < 1.29 is 24.3 Å². The van der Waals surface area contributed by atoms with Gasteiger partial charge in [-0.25, -0.2) is 0 Å². The molecular formula is C22H34N2O5. The van der Waals surface area contributed by atoms with E-state index in [2.05, 4.69) is 6.92 Å². The van der Waals surface area contributed by atoms with Gasteiger partial charge in [0.15, 0.2) is 0 Å². The lowest BCUT2D eigenvalue weighted by Crippen LogP contribution is -2.64. The summed E-state index contributed by atoms with van der Waals surface area (Å²) < 4.78 is 0. The van der Waals surface area contributed by atoms with E-state index in [9.17, 15) is 24.3 Å². The van der Waals surface area contributed by atoms with Crippen LogP contribution in [0, 0.1) is 23.7 Å². The number of piperidine rings is 1. The van der Waals surface area contributed by atoms with Crippen LogP contribution in [0.25, 0.3) is 0 Å². The van der Waals surface area contributed by atoms with Crippen molar-refractivity contribution in [3.8, 4) is 0 Å². The number of hydrogen-bond donors (Lipinski definition) is 2. The lowest BCUT2D eigenvalue weighted by atomic mass is 9.71. The van der Waals surface area contributed by atoms with Crippen molar-refractivity contribution in [3.05, 3.63) is 0 Å². The maximum atomic E-state index is 12.9. The number of nitrogens with zero attached hydrogens (tertiary/aromatic N) is 1. The zero-order chi connectivity index (χ0) is 21.3. The Morgan fingerprint density at radius 2 is 1.69 bits per heavy atom. The van der Waals surface area contributed by atoms with E-state index in [1.165, 1.54) is 0 Å². The maximum absolute atomic E-state index is 12.9. The van der Waals surface area contributed by atoms with E-state index in [4.69, 9.17) is 5.73 Å². The van der Waals surface area contributed by atoms with Gasteiger partial charge in [-0.1, -0.05) is 33.1 Å². The zero-order valence-electron chi connectivity index (χ0n) is 17.6. The zero-order valence-corrected chi connectivity index (χ0v) is 17.6. The van der Waals surface area contributed by atoms with Gasteiger partial charge in [-0.2, -0.15) is 0 Å². The summed E-state index contributed by atoms with van der Waals surface area (Å²) in [5, 5.41) is 10.7. The molecule has 1 aliphatic heterocycles. The minimum absolute atomic E-state index is 0.0646. The highest BCUT2D eigenvalue weighted by Gasteiger charge is 2.51. The standard InChI is InChI=1S/C22H34N2O5/c1-13-8-14(2)20(28)16(9-13)17(25)10-15-11-18(26)24(19(27)12-15)22(21(23)29)6-4-3-5-7-22/h13-17,25H,3-12H2,1-2H3,(H2,23,29). The molecule has 0 aromatic heterocycles. The number of carbonyl (C=O) groups excluding carboxylic acids is 4. The molecule has 3 fully saturated rings. The second kappa shape index (κ2) is 8.54. The molecule has 4 atom stereocenters. The van der Waals surface area contributed by atoms with Crippen LogP contribution in [0.1, 0.15) is 78.1 Å². The molecule has 162 valence electrons. The summed E-state index contributed by atoms with van der Waals surface area (Å²) >= 11 is 0. The quantitative estimate of drug-likeness (QED) is 0.677. The van der Waals surface area contributed by atoms with E-state index in [1.807, 2.05) is 6.92 Å². The Hall–Kier alpha value is -1.76. The molecule has 3 N–H and O–H groups in total. The molecule has 3 amide bonds. The first-order chi connectivity index (χ1) is 13.7. The van der Waals surface area contributed by atoms with Gasteiger partial charge in [0.05, 0.1) is 6.10 Å². The lowest BCUT2D eigenvalue weighted by Gasteiger charge is -2.45. The molecule has 1 heterocycles. The van der Waals surface area contributed by atoms with Gasteiger partial charge in [-0.3, -0.25) is 24.1 Å². The van der Waals surface area contributed by atoms with Crippen LogP contribution >= 0.6 is 0 Å². The Bertz CT molecular complexity index is 667. The van der Waals surface area contributed by atoms with Gasteiger partial charge in [0.2, 0.25) is 17.7 Å². The molecule has 0 aromatic rings. The fraction of sp³-hybridized carbons (Fsp3) is 0.818. The van der Waals surface area contributed by atoms with Gasteiger partial charge in [-0.05, 0) is 43.9 Å². The first-order valence-corrected chi connectivity index (χ1v) is 11.0. The first kappa shape index (κ1) is 21.9. The van der Waals surface area contributed by atoms with Crippen molar-refractivity contribution >= 4 is 23.5 Å². The SMILES string of the molecule is CC1CC(C)C(=O)C(C(O)CC2CC(=O)N(C3(C(N)=O)CCCCC3)C(=O)C2)C1. The molecular weight excluding hydrogens is 372 g/mol.